The molecule has 12 heteroatoms. The molecule has 164 valence electrons. The second kappa shape index (κ2) is 8.21. The summed E-state index contributed by atoms with van der Waals surface area (Å²) in [5, 5.41) is 2.48. The molecule has 4 rings (SSSR count). The highest BCUT2D eigenvalue weighted by Crippen LogP contribution is 2.33. The molecule has 2 aromatic heterocycles. The lowest BCUT2D eigenvalue weighted by Crippen LogP contribution is -2.38. The molecule has 32 heavy (non-hydrogen) atoms. The van der Waals surface area contributed by atoms with E-state index in [-0.39, 0.29) is 29.4 Å². The van der Waals surface area contributed by atoms with Crippen molar-refractivity contribution in [3.63, 3.8) is 0 Å². The summed E-state index contributed by atoms with van der Waals surface area (Å²) in [7, 11) is 0. The molecule has 0 spiro atoms. The first-order valence-electron chi connectivity index (χ1n) is 9.23. The number of alkyl halides is 3. The first-order valence-corrected chi connectivity index (χ1v) is 9.23. The maximum atomic E-state index is 13.5. The molecule has 2 amide bonds. The van der Waals surface area contributed by atoms with Gasteiger partial charge in [0.15, 0.2) is 11.5 Å². The molecule has 1 aromatic carbocycles. The second-order valence-electron chi connectivity index (χ2n) is 6.83. The Labute approximate surface area is 178 Å². The van der Waals surface area contributed by atoms with Gasteiger partial charge in [0.1, 0.15) is 17.3 Å². The molecule has 0 aliphatic carbocycles. The zero-order chi connectivity index (χ0) is 22.9. The van der Waals surface area contributed by atoms with Crippen LogP contribution in [0.2, 0.25) is 0 Å². The van der Waals surface area contributed by atoms with Crippen LogP contribution in [0.5, 0.6) is 0 Å². The number of nitrogens with zero attached hydrogens (tertiary/aromatic N) is 3. The summed E-state index contributed by atoms with van der Waals surface area (Å²) in [5.74, 6) is -3.41. The fourth-order valence-electron chi connectivity index (χ4n) is 3.15. The van der Waals surface area contributed by atoms with E-state index in [1.54, 1.807) is 12.1 Å². The van der Waals surface area contributed by atoms with Crippen molar-refractivity contribution in [3.8, 4) is 11.5 Å². The number of rotatable bonds is 4. The molecule has 1 aliphatic heterocycles. The van der Waals surface area contributed by atoms with E-state index < -0.39 is 35.4 Å². The summed E-state index contributed by atoms with van der Waals surface area (Å²) in [4.78, 5) is 36.0. The smallest absolute Gasteiger partial charge is 0.326 e. The van der Waals surface area contributed by atoms with Crippen LogP contribution in [0.4, 0.5) is 29.1 Å². The number of hydrogen-bond donors (Lipinski definition) is 3. The minimum atomic E-state index is -4.77. The van der Waals surface area contributed by atoms with Gasteiger partial charge in [-0.05, 0) is 29.8 Å². The summed E-state index contributed by atoms with van der Waals surface area (Å²) in [5.41, 5.74) is 4.00. The van der Waals surface area contributed by atoms with Crippen LogP contribution in [-0.4, -0.2) is 26.8 Å². The third-order valence-corrected chi connectivity index (χ3v) is 4.60. The first-order chi connectivity index (χ1) is 15.2. The maximum Gasteiger partial charge on any atom is 0.433 e. The van der Waals surface area contributed by atoms with E-state index in [0.717, 1.165) is 12.1 Å². The highest BCUT2D eigenvalue weighted by Gasteiger charge is 2.34. The van der Waals surface area contributed by atoms with Gasteiger partial charge in [0.25, 0.3) is 0 Å². The van der Waals surface area contributed by atoms with Crippen LogP contribution >= 0.6 is 0 Å². The molecular weight excluding hydrogens is 432 g/mol. The van der Waals surface area contributed by atoms with Gasteiger partial charge in [0.05, 0.1) is 5.92 Å². The number of hydrogen-bond acceptors (Lipinski definition) is 6. The standard InChI is InChI=1S/C20H14F4N6O2/c21-10-4-5-11-12(8-17(31)26-14(11)7-10)19(32)30-29-16-9-15(20(22,23)24)27-18(28-16)13-3-1-2-6-25-13/h1-7,9,12H,8H2,(H,26,31)(H,30,32)(H,27,28,29). The molecule has 0 fully saturated rings. The van der Waals surface area contributed by atoms with Gasteiger partial charge < -0.3 is 5.32 Å². The molecule has 3 heterocycles. The van der Waals surface area contributed by atoms with Gasteiger partial charge in [-0.3, -0.25) is 25.4 Å². The summed E-state index contributed by atoms with van der Waals surface area (Å²) in [6.07, 6.45) is -3.61. The second-order valence-corrected chi connectivity index (χ2v) is 6.83. The Kier molecular flexibility index (Phi) is 5.43. The van der Waals surface area contributed by atoms with Gasteiger partial charge >= 0.3 is 6.18 Å². The van der Waals surface area contributed by atoms with E-state index in [1.807, 2.05) is 0 Å². The van der Waals surface area contributed by atoms with E-state index >= 15 is 0 Å². The zero-order valence-corrected chi connectivity index (χ0v) is 16.1. The lowest BCUT2D eigenvalue weighted by atomic mass is 9.90. The molecular formula is C20H14F4N6O2. The number of fused-ring (bicyclic) bond motifs is 1. The molecule has 0 bridgehead atoms. The lowest BCUT2D eigenvalue weighted by molar-refractivity contribution is -0.141. The van der Waals surface area contributed by atoms with Crippen LogP contribution in [0.25, 0.3) is 11.5 Å². The number of benzene rings is 1. The summed E-state index contributed by atoms with van der Waals surface area (Å²) >= 11 is 0. The largest absolute Gasteiger partial charge is 0.433 e. The summed E-state index contributed by atoms with van der Waals surface area (Å²) in [6.45, 7) is 0. The number of amides is 2. The van der Waals surface area contributed by atoms with E-state index in [4.69, 9.17) is 0 Å². The number of carbonyl (C=O) groups excluding carboxylic acids is 2. The van der Waals surface area contributed by atoms with Gasteiger partial charge in [-0.1, -0.05) is 12.1 Å². The van der Waals surface area contributed by atoms with E-state index in [9.17, 15) is 27.2 Å². The zero-order valence-electron chi connectivity index (χ0n) is 16.1. The van der Waals surface area contributed by atoms with E-state index in [0.29, 0.717) is 11.6 Å². The van der Waals surface area contributed by atoms with Gasteiger partial charge in [-0.25, -0.2) is 14.4 Å². The monoisotopic (exact) mass is 446 g/mol. The molecule has 1 aliphatic rings. The van der Waals surface area contributed by atoms with Crippen LogP contribution in [0, 0.1) is 5.82 Å². The van der Waals surface area contributed by atoms with Crippen LogP contribution in [0.1, 0.15) is 23.6 Å². The fourth-order valence-corrected chi connectivity index (χ4v) is 3.15. The number of nitrogens with one attached hydrogen (secondary N) is 3. The van der Waals surface area contributed by atoms with Crippen molar-refractivity contribution in [2.24, 2.45) is 0 Å². The van der Waals surface area contributed by atoms with Crippen LogP contribution in [-0.2, 0) is 15.8 Å². The summed E-state index contributed by atoms with van der Waals surface area (Å²) in [6, 6.07) is 8.80. The Bertz CT molecular complexity index is 1190. The van der Waals surface area contributed by atoms with Crippen molar-refractivity contribution in [2.75, 3.05) is 10.7 Å². The van der Waals surface area contributed by atoms with Crippen molar-refractivity contribution in [3.05, 3.63) is 65.7 Å². The van der Waals surface area contributed by atoms with Gasteiger partial charge in [-0.2, -0.15) is 13.2 Å². The number of aromatic nitrogens is 3. The van der Waals surface area contributed by atoms with Crippen LogP contribution in [0.3, 0.4) is 0 Å². The SMILES string of the molecule is O=C1CC(C(=O)NNc2cc(C(F)(F)F)nc(-c3ccccn3)n2)c2ccc(F)cc2N1. The topological polar surface area (TPSA) is 109 Å². The number of halogens is 4. The Morgan fingerprint density at radius 1 is 1.12 bits per heavy atom. The Balaban J connectivity index is 1.59. The minimum Gasteiger partial charge on any atom is -0.326 e. The van der Waals surface area contributed by atoms with Gasteiger partial charge in [0, 0.05) is 24.4 Å². The molecule has 0 radical (unpaired) electrons. The van der Waals surface area contributed by atoms with Crippen molar-refractivity contribution in [1.29, 1.82) is 0 Å². The van der Waals surface area contributed by atoms with Crippen molar-refractivity contribution in [2.45, 2.75) is 18.5 Å². The summed E-state index contributed by atoms with van der Waals surface area (Å²) < 4.78 is 53.3. The van der Waals surface area contributed by atoms with Crippen LogP contribution in [0.15, 0.2) is 48.7 Å². The lowest BCUT2D eigenvalue weighted by Gasteiger charge is -2.25. The van der Waals surface area contributed by atoms with Crippen molar-refractivity contribution in [1.82, 2.24) is 20.4 Å². The average Bonchev–Trinajstić information content (AvgIpc) is 2.76. The highest BCUT2D eigenvalue weighted by atomic mass is 19.4. The number of anilines is 2. The van der Waals surface area contributed by atoms with Crippen LogP contribution < -0.4 is 16.2 Å². The van der Waals surface area contributed by atoms with Crippen molar-refractivity contribution < 1.29 is 27.2 Å². The van der Waals surface area contributed by atoms with E-state index in [1.165, 1.54) is 18.3 Å². The predicted octanol–water partition coefficient (Wildman–Crippen LogP) is 3.27. The molecule has 3 aromatic rings. The quantitative estimate of drug-likeness (QED) is 0.419. The van der Waals surface area contributed by atoms with E-state index in [2.05, 4.69) is 31.1 Å². The Hall–Kier alpha value is -4.09. The number of pyridine rings is 1. The molecule has 0 saturated heterocycles. The molecule has 3 N–H and O–H groups in total. The average molecular weight is 446 g/mol. The predicted molar refractivity (Wildman–Crippen MR) is 104 cm³/mol. The Morgan fingerprint density at radius 3 is 2.66 bits per heavy atom. The molecule has 0 saturated carbocycles. The maximum absolute atomic E-state index is 13.5. The fraction of sp³-hybridized carbons (Fsp3) is 0.150. The Morgan fingerprint density at radius 2 is 1.94 bits per heavy atom. The van der Waals surface area contributed by atoms with Crippen molar-refractivity contribution >= 4 is 23.3 Å². The molecule has 1 unspecified atom stereocenters. The highest BCUT2D eigenvalue weighted by molar-refractivity contribution is 6.01. The molecule has 8 nitrogen and oxygen atoms in total. The molecule has 1 atom stereocenters. The minimum absolute atomic E-state index is 0.105. The van der Waals surface area contributed by atoms with Gasteiger partial charge in [0.2, 0.25) is 11.8 Å². The number of carbonyl (C=O) groups is 2. The third kappa shape index (κ3) is 4.48. The third-order valence-electron chi connectivity index (χ3n) is 4.60. The normalized spacial score (nSPS) is 15.5. The first kappa shape index (κ1) is 21.2. The van der Waals surface area contributed by atoms with Gasteiger partial charge in [-0.15, -0.1) is 0 Å². The number of hydrazine groups is 1.